The number of hydrogen-bond acceptors (Lipinski definition) is 3. The van der Waals surface area contributed by atoms with Gasteiger partial charge in [-0.1, -0.05) is 0 Å². The largest absolute Gasteiger partial charge is 0.330 e. The zero-order valence-electron chi connectivity index (χ0n) is 7.77. The third kappa shape index (κ3) is 2.60. The molecule has 80 valence electrons. The lowest BCUT2D eigenvalue weighted by atomic mass is 10.3. The summed E-state index contributed by atoms with van der Waals surface area (Å²) in [7, 11) is 0. The lowest BCUT2D eigenvalue weighted by Gasteiger charge is -1.86. The average molecular weight is 254 g/mol. The Labute approximate surface area is 99.2 Å². The number of aryl methyl sites for hydroxylation is 1. The summed E-state index contributed by atoms with van der Waals surface area (Å²) in [5, 5.41) is 0. The highest BCUT2D eigenvalue weighted by atomic mass is 35.5. The number of fused-ring (bicyclic) bond motifs is 1. The Morgan fingerprint density at radius 1 is 1.43 bits per heavy atom. The summed E-state index contributed by atoms with van der Waals surface area (Å²) in [5.74, 6) is 0. The first-order valence-corrected chi connectivity index (χ1v) is 4.75. The van der Waals surface area contributed by atoms with Gasteiger partial charge in [0, 0.05) is 23.7 Å². The molecule has 0 spiro atoms. The van der Waals surface area contributed by atoms with Crippen molar-refractivity contribution in [1.29, 1.82) is 0 Å². The van der Waals surface area contributed by atoms with Crippen LogP contribution < -0.4 is 5.73 Å². The van der Waals surface area contributed by atoms with Crippen LogP contribution in [0.4, 0.5) is 0 Å². The average Bonchev–Trinajstić information content (AvgIpc) is 2.44. The third-order valence-corrected chi connectivity index (χ3v) is 2.63. The van der Waals surface area contributed by atoms with E-state index in [1.165, 1.54) is 4.88 Å². The van der Waals surface area contributed by atoms with Gasteiger partial charge in [-0.2, -0.15) is 0 Å². The highest BCUT2D eigenvalue weighted by molar-refractivity contribution is 7.16. The van der Waals surface area contributed by atoms with Crippen LogP contribution in [0, 0.1) is 6.92 Å². The van der Waals surface area contributed by atoms with Gasteiger partial charge in [-0.3, -0.25) is 4.40 Å². The molecule has 0 aliphatic heterocycles. The molecule has 0 aromatic carbocycles. The van der Waals surface area contributed by atoms with E-state index in [2.05, 4.69) is 22.5 Å². The zero-order chi connectivity index (χ0) is 8.55. The van der Waals surface area contributed by atoms with Crippen LogP contribution >= 0.6 is 36.2 Å². The van der Waals surface area contributed by atoms with Crippen molar-refractivity contribution >= 4 is 41.1 Å². The summed E-state index contributed by atoms with van der Waals surface area (Å²) in [6, 6.07) is 0. The predicted octanol–water partition coefficient (Wildman–Crippen LogP) is 2.05. The summed E-state index contributed by atoms with van der Waals surface area (Å²) in [4.78, 5) is 6.78. The Morgan fingerprint density at radius 3 is 2.71 bits per heavy atom. The summed E-state index contributed by atoms with van der Waals surface area (Å²) >= 11 is 1.71. The molecule has 0 atom stereocenters. The lowest BCUT2D eigenvalue weighted by molar-refractivity contribution is 0.937. The van der Waals surface area contributed by atoms with Crippen molar-refractivity contribution in [3.8, 4) is 0 Å². The fraction of sp³-hybridized carbons (Fsp3) is 0.375. The molecule has 14 heavy (non-hydrogen) atoms. The Hall–Kier alpha value is -0.290. The number of imidazole rings is 1. The maximum atomic E-state index is 5.44. The Balaban J connectivity index is 0.000000845. The molecule has 2 N–H and O–H groups in total. The Kier molecular flexibility index (Phi) is 5.44. The van der Waals surface area contributed by atoms with Crippen LogP contribution in [0.25, 0.3) is 4.96 Å². The lowest BCUT2D eigenvalue weighted by Crippen LogP contribution is -2.02. The van der Waals surface area contributed by atoms with Gasteiger partial charge in [-0.15, -0.1) is 36.2 Å². The molecule has 3 nitrogen and oxygen atoms in total. The van der Waals surface area contributed by atoms with E-state index < -0.39 is 0 Å². The molecule has 2 rings (SSSR count). The van der Waals surface area contributed by atoms with Gasteiger partial charge >= 0.3 is 0 Å². The van der Waals surface area contributed by atoms with Crippen molar-refractivity contribution < 1.29 is 0 Å². The van der Waals surface area contributed by atoms with Crippen molar-refractivity contribution in [3.05, 3.63) is 23.0 Å². The number of nitrogens with zero attached hydrogens (tertiary/aromatic N) is 2. The second-order valence-electron chi connectivity index (χ2n) is 2.80. The second-order valence-corrected chi connectivity index (χ2v) is 4.02. The minimum absolute atomic E-state index is 0. The van der Waals surface area contributed by atoms with Crippen molar-refractivity contribution in [1.82, 2.24) is 9.38 Å². The highest BCUT2D eigenvalue weighted by Crippen LogP contribution is 2.16. The van der Waals surface area contributed by atoms with Crippen LogP contribution in [-0.4, -0.2) is 15.9 Å². The molecule has 0 radical (unpaired) electrons. The number of halogens is 2. The van der Waals surface area contributed by atoms with E-state index in [0.717, 1.165) is 17.1 Å². The van der Waals surface area contributed by atoms with Crippen molar-refractivity contribution in [2.45, 2.75) is 13.3 Å². The molecule has 0 fully saturated rings. The molecule has 0 saturated carbocycles. The first-order chi connectivity index (χ1) is 5.79. The van der Waals surface area contributed by atoms with Crippen molar-refractivity contribution in [3.63, 3.8) is 0 Å². The molecular formula is C8H13Cl2N3S. The molecular weight excluding hydrogens is 241 g/mol. The maximum Gasteiger partial charge on any atom is 0.194 e. The van der Waals surface area contributed by atoms with Gasteiger partial charge in [0.2, 0.25) is 0 Å². The Bertz CT molecular complexity index is 365. The van der Waals surface area contributed by atoms with Gasteiger partial charge in [-0.25, -0.2) is 4.98 Å². The van der Waals surface area contributed by atoms with Crippen LogP contribution in [0.5, 0.6) is 0 Å². The molecule has 2 aromatic heterocycles. The topological polar surface area (TPSA) is 43.3 Å². The van der Waals surface area contributed by atoms with Gasteiger partial charge in [0.25, 0.3) is 0 Å². The van der Waals surface area contributed by atoms with Crippen LogP contribution in [-0.2, 0) is 6.42 Å². The van der Waals surface area contributed by atoms with Crippen molar-refractivity contribution in [2.24, 2.45) is 5.73 Å². The quantitative estimate of drug-likeness (QED) is 0.891. The summed E-state index contributed by atoms with van der Waals surface area (Å²) in [6.07, 6.45) is 5.01. The van der Waals surface area contributed by atoms with Crippen LogP contribution in [0.3, 0.4) is 0 Å². The van der Waals surface area contributed by atoms with Gasteiger partial charge in [0.1, 0.15) is 0 Å². The number of aromatic nitrogens is 2. The second kappa shape index (κ2) is 5.56. The number of thiazole rings is 1. The molecule has 0 amide bonds. The molecule has 6 heteroatoms. The zero-order valence-corrected chi connectivity index (χ0v) is 10.2. The van der Waals surface area contributed by atoms with Crippen molar-refractivity contribution in [2.75, 3.05) is 6.54 Å². The van der Waals surface area contributed by atoms with E-state index >= 15 is 0 Å². The number of hydrogen-bond donors (Lipinski definition) is 1. The monoisotopic (exact) mass is 253 g/mol. The molecule has 0 aliphatic carbocycles. The third-order valence-electron chi connectivity index (χ3n) is 1.72. The van der Waals surface area contributed by atoms with E-state index in [-0.39, 0.29) is 24.8 Å². The van der Waals surface area contributed by atoms with E-state index in [1.54, 1.807) is 11.3 Å². The van der Waals surface area contributed by atoms with Gasteiger partial charge in [-0.05, 0) is 13.5 Å². The molecule has 2 aromatic rings. The number of nitrogens with two attached hydrogens (primary N) is 1. The van der Waals surface area contributed by atoms with E-state index in [9.17, 15) is 0 Å². The first kappa shape index (κ1) is 13.7. The SMILES string of the molecule is Cc1cn2cc(CCN)nc2s1.Cl.Cl. The van der Waals surface area contributed by atoms with Crippen LogP contribution in [0.2, 0.25) is 0 Å². The smallest absolute Gasteiger partial charge is 0.194 e. The summed E-state index contributed by atoms with van der Waals surface area (Å²) in [5.41, 5.74) is 6.52. The van der Waals surface area contributed by atoms with Gasteiger partial charge in [0.05, 0.1) is 5.69 Å². The van der Waals surface area contributed by atoms with Crippen LogP contribution in [0.1, 0.15) is 10.6 Å². The standard InChI is InChI=1S/C8H11N3S.2ClH/c1-6-4-11-5-7(2-3-9)10-8(11)12-6;;/h4-5H,2-3,9H2,1H3;2*1H. The predicted molar refractivity (Wildman–Crippen MR) is 65.1 cm³/mol. The first-order valence-electron chi connectivity index (χ1n) is 3.93. The van der Waals surface area contributed by atoms with E-state index in [4.69, 9.17) is 5.73 Å². The van der Waals surface area contributed by atoms with Gasteiger partial charge < -0.3 is 5.73 Å². The number of rotatable bonds is 2. The maximum absolute atomic E-state index is 5.44. The van der Waals surface area contributed by atoms with E-state index in [0.29, 0.717) is 6.54 Å². The molecule has 0 aliphatic rings. The normalized spacial score (nSPS) is 9.57. The summed E-state index contributed by atoms with van der Waals surface area (Å²) < 4.78 is 2.06. The summed E-state index contributed by atoms with van der Waals surface area (Å²) in [6.45, 7) is 2.76. The molecule has 0 saturated heterocycles. The fourth-order valence-corrected chi connectivity index (χ4v) is 2.06. The van der Waals surface area contributed by atoms with Crippen LogP contribution in [0.15, 0.2) is 12.4 Å². The van der Waals surface area contributed by atoms with Gasteiger partial charge in [0.15, 0.2) is 4.96 Å². The Morgan fingerprint density at radius 2 is 2.14 bits per heavy atom. The minimum Gasteiger partial charge on any atom is -0.330 e. The molecule has 2 heterocycles. The fourth-order valence-electron chi connectivity index (χ4n) is 1.23. The minimum atomic E-state index is 0. The highest BCUT2D eigenvalue weighted by Gasteiger charge is 2.02. The molecule has 0 unspecified atom stereocenters. The molecule has 0 bridgehead atoms. The van der Waals surface area contributed by atoms with E-state index in [1.807, 2.05) is 6.20 Å².